The van der Waals surface area contributed by atoms with E-state index in [9.17, 15) is 0 Å². The zero-order valence-corrected chi connectivity index (χ0v) is 12.8. The maximum atomic E-state index is 5.66. The fraction of sp³-hybridized carbons (Fsp3) is 0.500. The number of anilines is 1. The average Bonchev–Trinajstić information content (AvgIpc) is 2.91. The molecule has 1 aliphatic heterocycles. The van der Waals surface area contributed by atoms with E-state index < -0.39 is 0 Å². The third-order valence-corrected chi connectivity index (χ3v) is 4.54. The summed E-state index contributed by atoms with van der Waals surface area (Å²) in [6, 6.07) is 3.84. The number of nitrogen functional groups attached to an aromatic ring is 1. The molecule has 0 spiro atoms. The molecule has 0 aliphatic carbocycles. The fourth-order valence-electron chi connectivity index (χ4n) is 2.97. The zero-order valence-electron chi connectivity index (χ0n) is 12.8. The van der Waals surface area contributed by atoms with Crippen LogP contribution in [0.1, 0.15) is 19.8 Å². The number of hydrogen-bond acceptors (Lipinski definition) is 4. The third-order valence-electron chi connectivity index (χ3n) is 4.54. The summed E-state index contributed by atoms with van der Waals surface area (Å²) in [5.74, 6) is 0.548. The molecular weight excluding hydrogens is 262 g/mol. The van der Waals surface area contributed by atoms with Gasteiger partial charge in [-0.05, 0) is 50.5 Å². The molecule has 0 saturated carbocycles. The number of rotatable bonds is 3. The van der Waals surface area contributed by atoms with Crippen LogP contribution in [-0.2, 0) is 6.54 Å². The molecule has 0 bridgehead atoms. The summed E-state index contributed by atoms with van der Waals surface area (Å²) in [6.45, 7) is 5.72. The second kappa shape index (κ2) is 5.48. The Kier molecular flexibility index (Phi) is 3.68. The largest absolute Gasteiger partial charge is 0.384 e. The molecule has 5 nitrogen and oxygen atoms in total. The van der Waals surface area contributed by atoms with Crippen LogP contribution in [0.4, 0.5) is 5.82 Å². The van der Waals surface area contributed by atoms with E-state index in [0.717, 1.165) is 17.8 Å². The topological polar surface area (TPSA) is 60.0 Å². The van der Waals surface area contributed by atoms with Gasteiger partial charge >= 0.3 is 0 Å². The van der Waals surface area contributed by atoms with Crippen LogP contribution < -0.4 is 5.73 Å². The van der Waals surface area contributed by atoms with Gasteiger partial charge in [-0.3, -0.25) is 0 Å². The Morgan fingerprint density at radius 3 is 2.67 bits per heavy atom. The third kappa shape index (κ3) is 3.08. The molecular formula is C16H23N5. The van der Waals surface area contributed by atoms with E-state index in [0.29, 0.717) is 11.2 Å². The van der Waals surface area contributed by atoms with Crippen LogP contribution in [0.15, 0.2) is 30.9 Å². The summed E-state index contributed by atoms with van der Waals surface area (Å²) in [5.41, 5.74) is 8.18. The Hall–Kier alpha value is -1.88. The summed E-state index contributed by atoms with van der Waals surface area (Å²) < 4.78 is 2.25. The van der Waals surface area contributed by atoms with E-state index in [1.807, 2.05) is 30.9 Å². The quantitative estimate of drug-likeness (QED) is 0.939. The molecule has 0 amide bonds. The van der Waals surface area contributed by atoms with Gasteiger partial charge in [0.25, 0.3) is 0 Å². The summed E-state index contributed by atoms with van der Waals surface area (Å²) >= 11 is 0. The molecule has 0 atom stereocenters. The van der Waals surface area contributed by atoms with E-state index in [4.69, 9.17) is 5.73 Å². The van der Waals surface area contributed by atoms with Gasteiger partial charge in [-0.1, -0.05) is 6.92 Å². The molecule has 1 saturated heterocycles. The molecule has 0 unspecified atom stereocenters. The van der Waals surface area contributed by atoms with E-state index in [1.54, 1.807) is 0 Å². The first-order valence-electron chi connectivity index (χ1n) is 7.46. The highest BCUT2D eigenvalue weighted by atomic mass is 15.1. The van der Waals surface area contributed by atoms with E-state index in [-0.39, 0.29) is 0 Å². The number of piperidine rings is 1. The predicted molar refractivity (Wildman–Crippen MR) is 84.7 cm³/mol. The van der Waals surface area contributed by atoms with Crippen molar-refractivity contribution in [2.45, 2.75) is 26.3 Å². The van der Waals surface area contributed by atoms with Gasteiger partial charge in [-0.2, -0.15) is 0 Å². The molecule has 3 rings (SSSR count). The van der Waals surface area contributed by atoms with Crippen LogP contribution in [0, 0.1) is 5.41 Å². The van der Waals surface area contributed by atoms with Gasteiger partial charge in [0.1, 0.15) is 5.82 Å². The SMILES string of the molecule is CN1CCC(C)(Cn2cncc2-c2ccc(N)nc2)CC1. The highest BCUT2D eigenvalue weighted by Gasteiger charge is 2.29. The molecule has 2 aromatic rings. The van der Waals surface area contributed by atoms with Crippen molar-refractivity contribution in [3.8, 4) is 11.3 Å². The van der Waals surface area contributed by atoms with Gasteiger partial charge in [0, 0.05) is 18.3 Å². The lowest BCUT2D eigenvalue weighted by Crippen LogP contribution is -2.38. The van der Waals surface area contributed by atoms with Crippen molar-refractivity contribution in [3.05, 3.63) is 30.9 Å². The zero-order chi connectivity index (χ0) is 14.9. The Balaban J connectivity index is 1.81. The molecule has 1 fully saturated rings. The molecule has 3 heterocycles. The van der Waals surface area contributed by atoms with E-state index in [2.05, 4.69) is 33.4 Å². The van der Waals surface area contributed by atoms with Gasteiger partial charge in [-0.25, -0.2) is 9.97 Å². The predicted octanol–water partition coefficient (Wildman–Crippen LogP) is 2.26. The summed E-state index contributed by atoms with van der Waals surface area (Å²) in [7, 11) is 2.20. The summed E-state index contributed by atoms with van der Waals surface area (Å²) in [6.07, 6.45) is 8.10. The molecule has 2 N–H and O–H groups in total. The maximum absolute atomic E-state index is 5.66. The Morgan fingerprint density at radius 1 is 1.24 bits per heavy atom. The number of pyridine rings is 1. The van der Waals surface area contributed by atoms with Crippen LogP contribution in [0.2, 0.25) is 0 Å². The first kappa shape index (κ1) is 14.1. The van der Waals surface area contributed by atoms with Crippen molar-refractivity contribution in [2.75, 3.05) is 25.9 Å². The fourth-order valence-corrected chi connectivity index (χ4v) is 2.97. The second-order valence-electron chi connectivity index (χ2n) is 6.49. The first-order valence-corrected chi connectivity index (χ1v) is 7.46. The minimum atomic E-state index is 0.337. The summed E-state index contributed by atoms with van der Waals surface area (Å²) in [5, 5.41) is 0. The highest BCUT2D eigenvalue weighted by molar-refractivity contribution is 5.59. The van der Waals surface area contributed by atoms with Gasteiger partial charge < -0.3 is 15.2 Å². The maximum Gasteiger partial charge on any atom is 0.123 e. The van der Waals surface area contributed by atoms with E-state index in [1.165, 1.54) is 25.9 Å². The van der Waals surface area contributed by atoms with Gasteiger partial charge in [-0.15, -0.1) is 0 Å². The van der Waals surface area contributed by atoms with Crippen LogP contribution in [-0.4, -0.2) is 39.6 Å². The van der Waals surface area contributed by atoms with Crippen LogP contribution in [0.5, 0.6) is 0 Å². The Morgan fingerprint density at radius 2 is 2.00 bits per heavy atom. The van der Waals surface area contributed by atoms with Crippen LogP contribution >= 0.6 is 0 Å². The molecule has 1 aliphatic rings. The van der Waals surface area contributed by atoms with Gasteiger partial charge in [0.05, 0.1) is 18.2 Å². The monoisotopic (exact) mass is 285 g/mol. The normalized spacial score (nSPS) is 18.8. The minimum absolute atomic E-state index is 0.337. The molecule has 21 heavy (non-hydrogen) atoms. The number of nitrogens with zero attached hydrogens (tertiary/aromatic N) is 4. The van der Waals surface area contributed by atoms with Gasteiger partial charge in [0.15, 0.2) is 0 Å². The lowest BCUT2D eigenvalue weighted by molar-refractivity contribution is 0.121. The molecule has 2 aromatic heterocycles. The number of likely N-dealkylation sites (tertiary alicyclic amines) is 1. The first-order chi connectivity index (χ1) is 10.1. The molecule has 0 aromatic carbocycles. The second-order valence-corrected chi connectivity index (χ2v) is 6.49. The molecule has 5 heteroatoms. The van der Waals surface area contributed by atoms with Gasteiger partial charge in [0.2, 0.25) is 0 Å². The van der Waals surface area contributed by atoms with Crippen molar-refractivity contribution in [1.29, 1.82) is 0 Å². The lowest BCUT2D eigenvalue weighted by atomic mass is 9.80. The number of nitrogens with two attached hydrogens (primary N) is 1. The Bertz CT molecular complexity index is 593. The average molecular weight is 285 g/mol. The molecule has 112 valence electrons. The van der Waals surface area contributed by atoms with Crippen LogP contribution in [0.25, 0.3) is 11.3 Å². The molecule has 0 radical (unpaired) electrons. The van der Waals surface area contributed by atoms with E-state index >= 15 is 0 Å². The lowest BCUT2D eigenvalue weighted by Gasteiger charge is -2.38. The highest BCUT2D eigenvalue weighted by Crippen LogP contribution is 2.33. The Labute approximate surface area is 125 Å². The minimum Gasteiger partial charge on any atom is -0.384 e. The van der Waals surface area contributed by atoms with Crippen molar-refractivity contribution >= 4 is 5.82 Å². The van der Waals surface area contributed by atoms with Crippen molar-refractivity contribution < 1.29 is 0 Å². The number of imidazole rings is 1. The van der Waals surface area contributed by atoms with Crippen molar-refractivity contribution in [1.82, 2.24) is 19.4 Å². The smallest absolute Gasteiger partial charge is 0.123 e. The number of aromatic nitrogens is 3. The summed E-state index contributed by atoms with van der Waals surface area (Å²) in [4.78, 5) is 10.9. The van der Waals surface area contributed by atoms with Crippen molar-refractivity contribution in [3.63, 3.8) is 0 Å². The van der Waals surface area contributed by atoms with Crippen LogP contribution in [0.3, 0.4) is 0 Å². The number of hydrogen-bond donors (Lipinski definition) is 1. The van der Waals surface area contributed by atoms with Crippen molar-refractivity contribution in [2.24, 2.45) is 5.41 Å². The standard InChI is InChI=1S/C16H23N5/c1-16(5-7-20(2)8-6-16)11-21-12-18-10-14(21)13-3-4-15(17)19-9-13/h3-4,9-10,12H,5-8,11H2,1-2H3,(H2,17,19).